The van der Waals surface area contributed by atoms with E-state index in [1.807, 2.05) is 0 Å². The van der Waals surface area contributed by atoms with E-state index in [4.69, 9.17) is 16.0 Å². The maximum absolute atomic E-state index is 12.3. The average Bonchev–Trinajstić information content (AvgIpc) is 2.47. The van der Waals surface area contributed by atoms with E-state index in [1.165, 1.54) is 12.3 Å². The molecule has 0 spiro atoms. The second kappa shape index (κ2) is 2.92. The summed E-state index contributed by atoms with van der Waals surface area (Å²) in [4.78, 5) is 0. The summed E-state index contributed by atoms with van der Waals surface area (Å²) in [6.45, 7) is 0. The molecule has 0 atom stereocenters. The maximum atomic E-state index is 12.3. The Hall–Kier alpha value is -1.16. The molecular formula is C9H3ClF3O. The molecule has 0 bridgehead atoms. The molecule has 1 nitrogen and oxygen atoms in total. The Bertz CT molecular complexity index is 472. The van der Waals surface area contributed by atoms with Crippen molar-refractivity contribution in [3.63, 3.8) is 0 Å². The zero-order valence-corrected chi connectivity index (χ0v) is 7.41. The van der Waals surface area contributed by atoms with Gasteiger partial charge in [-0.3, -0.25) is 0 Å². The lowest BCUT2D eigenvalue weighted by Gasteiger charge is -2.07. The molecule has 2 aromatic rings. The second-order valence-corrected chi connectivity index (χ2v) is 3.11. The van der Waals surface area contributed by atoms with E-state index in [2.05, 4.69) is 6.07 Å². The van der Waals surface area contributed by atoms with Crippen molar-refractivity contribution in [2.24, 2.45) is 0 Å². The minimum Gasteiger partial charge on any atom is -0.464 e. The molecule has 0 aliphatic heterocycles. The molecule has 2 rings (SSSR count). The molecule has 73 valence electrons. The van der Waals surface area contributed by atoms with Crippen molar-refractivity contribution in [3.8, 4) is 0 Å². The Morgan fingerprint density at radius 1 is 1.29 bits per heavy atom. The molecule has 1 aromatic carbocycles. The Kier molecular flexibility index (Phi) is 1.96. The first-order valence-electron chi connectivity index (χ1n) is 3.64. The van der Waals surface area contributed by atoms with E-state index in [0.29, 0.717) is 5.39 Å². The Morgan fingerprint density at radius 2 is 2.00 bits per heavy atom. The highest BCUT2D eigenvalue weighted by Crippen LogP contribution is 2.37. The molecule has 1 aromatic heterocycles. The highest BCUT2D eigenvalue weighted by molar-refractivity contribution is 6.32. The highest BCUT2D eigenvalue weighted by atomic mass is 35.5. The van der Waals surface area contributed by atoms with Crippen LogP contribution in [0.15, 0.2) is 22.8 Å². The Morgan fingerprint density at radius 3 is 2.64 bits per heavy atom. The minimum absolute atomic E-state index is 0.127. The van der Waals surface area contributed by atoms with E-state index in [9.17, 15) is 13.2 Å². The predicted molar refractivity (Wildman–Crippen MR) is 45.1 cm³/mol. The normalized spacial score (nSPS) is 12.3. The standard InChI is InChI=1S/C9H3ClF3O/c10-7-3-5-1-2-14-8(5)4-6(7)9(11,12)13/h2-4H. The van der Waals surface area contributed by atoms with Crippen molar-refractivity contribution < 1.29 is 17.6 Å². The summed E-state index contributed by atoms with van der Waals surface area (Å²) < 4.78 is 41.8. The lowest BCUT2D eigenvalue weighted by Crippen LogP contribution is -2.05. The third kappa shape index (κ3) is 1.46. The van der Waals surface area contributed by atoms with Gasteiger partial charge in [-0.05, 0) is 12.1 Å². The molecule has 0 N–H and O–H groups in total. The third-order valence-corrected chi connectivity index (χ3v) is 2.09. The molecule has 1 heterocycles. The fourth-order valence-electron chi connectivity index (χ4n) is 1.14. The first-order valence-corrected chi connectivity index (χ1v) is 4.02. The van der Waals surface area contributed by atoms with Crippen LogP contribution in [0.5, 0.6) is 0 Å². The monoisotopic (exact) mass is 219 g/mol. The number of hydrogen-bond donors (Lipinski definition) is 0. The highest BCUT2D eigenvalue weighted by Gasteiger charge is 2.33. The van der Waals surface area contributed by atoms with Gasteiger partial charge in [-0.25, -0.2) is 0 Å². The zero-order chi connectivity index (χ0) is 10.3. The number of hydrogen-bond acceptors (Lipinski definition) is 1. The fraction of sp³-hybridized carbons (Fsp3) is 0.111. The Labute approximate surface area is 82.1 Å². The van der Waals surface area contributed by atoms with Gasteiger partial charge >= 0.3 is 6.18 Å². The van der Waals surface area contributed by atoms with Gasteiger partial charge in [0.25, 0.3) is 0 Å². The summed E-state index contributed by atoms with van der Waals surface area (Å²) in [5.74, 6) is 0. The summed E-state index contributed by atoms with van der Waals surface area (Å²) in [6, 6.07) is 4.67. The molecule has 5 heteroatoms. The summed E-state index contributed by atoms with van der Waals surface area (Å²) in [5, 5.41) is 0.0886. The third-order valence-electron chi connectivity index (χ3n) is 1.77. The molecular weight excluding hydrogens is 217 g/mol. The summed E-state index contributed by atoms with van der Waals surface area (Å²) in [6.07, 6.45) is -3.26. The van der Waals surface area contributed by atoms with Crippen molar-refractivity contribution in [3.05, 3.63) is 35.0 Å². The van der Waals surface area contributed by atoms with Crippen LogP contribution in [-0.2, 0) is 6.18 Å². The molecule has 0 fully saturated rings. The van der Waals surface area contributed by atoms with Crippen LogP contribution in [-0.4, -0.2) is 0 Å². The Balaban J connectivity index is 2.71. The van der Waals surface area contributed by atoms with Crippen molar-refractivity contribution in [1.82, 2.24) is 0 Å². The maximum Gasteiger partial charge on any atom is 0.417 e. The first-order chi connectivity index (χ1) is 6.48. The topological polar surface area (TPSA) is 13.1 Å². The molecule has 0 unspecified atom stereocenters. The van der Waals surface area contributed by atoms with Crippen LogP contribution >= 0.6 is 11.6 Å². The average molecular weight is 220 g/mol. The van der Waals surface area contributed by atoms with Gasteiger partial charge < -0.3 is 4.42 Å². The van der Waals surface area contributed by atoms with Gasteiger partial charge in [-0.2, -0.15) is 13.2 Å². The van der Waals surface area contributed by atoms with Gasteiger partial charge in [-0.1, -0.05) is 11.6 Å². The van der Waals surface area contributed by atoms with E-state index >= 15 is 0 Å². The molecule has 0 amide bonds. The smallest absolute Gasteiger partial charge is 0.417 e. The van der Waals surface area contributed by atoms with Crippen molar-refractivity contribution in [2.45, 2.75) is 6.18 Å². The van der Waals surface area contributed by atoms with Crippen molar-refractivity contribution >= 4 is 22.6 Å². The van der Waals surface area contributed by atoms with Crippen LogP contribution in [0.1, 0.15) is 5.56 Å². The molecule has 14 heavy (non-hydrogen) atoms. The molecule has 1 radical (unpaired) electrons. The quantitative estimate of drug-likeness (QED) is 0.655. The van der Waals surface area contributed by atoms with E-state index < -0.39 is 11.7 Å². The summed E-state index contributed by atoms with van der Waals surface area (Å²) in [5.41, 5.74) is -0.767. The van der Waals surface area contributed by atoms with Crippen LogP contribution in [0.25, 0.3) is 11.0 Å². The number of furan rings is 1. The van der Waals surface area contributed by atoms with Gasteiger partial charge in [0.1, 0.15) is 5.58 Å². The molecule has 0 saturated heterocycles. The van der Waals surface area contributed by atoms with E-state index in [0.717, 1.165) is 6.07 Å². The first kappa shape index (κ1) is 9.40. The van der Waals surface area contributed by atoms with Crippen molar-refractivity contribution in [2.75, 3.05) is 0 Å². The number of alkyl halides is 3. The van der Waals surface area contributed by atoms with Crippen LogP contribution < -0.4 is 0 Å². The number of fused-ring (bicyclic) bond motifs is 1. The van der Waals surface area contributed by atoms with Gasteiger partial charge in [0.05, 0.1) is 16.8 Å². The van der Waals surface area contributed by atoms with Crippen LogP contribution in [0.3, 0.4) is 0 Å². The molecule has 0 aliphatic rings. The second-order valence-electron chi connectivity index (χ2n) is 2.71. The summed E-state index contributed by atoms with van der Waals surface area (Å²) in [7, 11) is 0. The number of halogens is 4. The molecule has 0 saturated carbocycles. The zero-order valence-electron chi connectivity index (χ0n) is 6.65. The van der Waals surface area contributed by atoms with Crippen LogP contribution in [0, 0.1) is 6.07 Å². The van der Waals surface area contributed by atoms with Crippen LogP contribution in [0.4, 0.5) is 13.2 Å². The van der Waals surface area contributed by atoms with Crippen LogP contribution in [0.2, 0.25) is 5.02 Å². The SMILES string of the molecule is FC(F)(F)c1cc2oc[c]c2cc1Cl. The predicted octanol–water partition coefficient (Wildman–Crippen LogP) is 3.91. The lowest BCUT2D eigenvalue weighted by atomic mass is 10.1. The van der Waals surface area contributed by atoms with Crippen molar-refractivity contribution in [1.29, 1.82) is 0 Å². The number of benzene rings is 1. The fourth-order valence-corrected chi connectivity index (χ4v) is 1.41. The van der Waals surface area contributed by atoms with Gasteiger partial charge in [-0.15, -0.1) is 0 Å². The molecule has 0 aliphatic carbocycles. The van der Waals surface area contributed by atoms with Gasteiger partial charge in [0.15, 0.2) is 0 Å². The number of rotatable bonds is 0. The van der Waals surface area contributed by atoms with Gasteiger partial charge in [0.2, 0.25) is 0 Å². The summed E-state index contributed by atoms with van der Waals surface area (Å²) >= 11 is 5.46. The van der Waals surface area contributed by atoms with E-state index in [-0.39, 0.29) is 10.6 Å². The lowest BCUT2D eigenvalue weighted by molar-refractivity contribution is -0.137. The largest absolute Gasteiger partial charge is 0.464 e. The minimum atomic E-state index is -4.46. The van der Waals surface area contributed by atoms with Gasteiger partial charge in [0, 0.05) is 11.5 Å². The van der Waals surface area contributed by atoms with E-state index in [1.54, 1.807) is 0 Å².